The third-order valence-corrected chi connectivity index (χ3v) is 4.84. The predicted molar refractivity (Wildman–Crippen MR) is 102 cm³/mol. The van der Waals surface area contributed by atoms with Crippen molar-refractivity contribution in [1.29, 1.82) is 0 Å². The number of methoxy groups -OCH3 is 1. The molecular formula is C20H20N2O2S. The van der Waals surface area contributed by atoms with Crippen LogP contribution in [0.1, 0.15) is 17.7 Å². The van der Waals surface area contributed by atoms with Gasteiger partial charge in [-0.15, -0.1) is 11.3 Å². The first-order valence-electron chi connectivity index (χ1n) is 8.10. The number of amides is 1. The average Bonchev–Trinajstić information content (AvgIpc) is 3.11. The Balaban J connectivity index is 1.62. The standard InChI is InChI=1S/C20H20N2O2S/c1-14-7-3-5-9-17(14)22-19(23)12-11-15-13-25-20(21-15)16-8-4-6-10-18(16)24-2/h3-10,13H,11-12H2,1-2H3,(H,22,23). The number of nitrogens with zero attached hydrogens (tertiary/aromatic N) is 1. The molecule has 0 aliphatic carbocycles. The number of aromatic nitrogens is 1. The molecule has 1 N–H and O–H groups in total. The number of nitrogens with one attached hydrogen (secondary N) is 1. The maximum Gasteiger partial charge on any atom is 0.224 e. The van der Waals surface area contributed by atoms with E-state index in [9.17, 15) is 4.79 Å². The van der Waals surface area contributed by atoms with Gasteiger partial charge in [-0.3, -0.25) is 4.79 Å². The molecule has 0 aliphatic rings. The summed E-state index contributed by atoms with van der Waals surface area (Å²) < 4.78 is 5.39. The van der Waals surface area contributed by atoms with Gasteiger partial charge in [0.2, 0.25) is 5.91 Å². The SMILES string of the molecule is COc1ccccc1-c1nc(CCC(=O)Nc2ccccc2C)cs1. The number of hydrogen-bond acceptors (Lipinski definition) is 4. The topological polar surface area (TPSA) is 51.2 Å². The number of benzene rings is 2. The van der Waals surface area contributed by atoms with E-state index >= 15 is 0 Å². The first kappa shape index (κ1) is 17.2. The van der Waals surface area contributed by atoms with Gasteiger partial charge in [0.05, 0.1) is 18.4 Å². The van der Waals surface area contributed by atoms with E-state index in [-0.39, 0.29) is 5.91 Å². The summed E-state index contributed by atoms with van der Waals surface area (Å²) in [7, 11) is 1.66. The van der Waals surface area contributed by atoms with Crippen molar-refractivity contribution in [1.82, 2.24) is 4.98 Å². The summed E-state index contributed by atoms with van der Waals surface area (Å²) in [5, 5.41) is 5.87. The van der Waals surface area contributed by atoms with Gasteiger partial charge in [0, 0.05) is 17.5 Å². The van der Waals surface area contributed by atoms with E-state index in [1.54, 1.807) is 18.4 Å². The second-order valence-electron chi connectivity index (χ2n) is 5.71. The first-order chi connectivity index (χ1) is 12.2. The molecular weight excluding hydrogens is 332 g/mol. The fraction of sp³-hybridized carbons (Fsp3) is 0.200. The third-order valence-electron chi connectivity index (χ3n) is 3.92. The number of anilines is 1. The second kappa shape index (κ2) is 7.94. The number of aryl methyl sites for hydroxylation is 2. The van der Waals surface area contributed by atoms with Crippen molar-refractivity contribution in [2.75, 3.05) is 12.4 Å². The van der Waals surface area contributed by atoms with Gasteiger partial charge in [-0.2, -0.15) is 0 Å². The maximum atomic E-state index is 12.2. The van der Waals surface area contributed by atoms with E-state index in [0.29, 0.717) is 12.8 Å². The molecule has 128 valence electrons. The van der Waals surface area contributed by atoms with Crippen LogP contribution < -0.4 is 10.1 Å². The van der Waals surface area contributed by atoms with Crippen LogP contribution >= 0.6 is 11.3 Å². The molecule has 0 fully saturated rings. The molecule has 0 saturated heterocycles. The molecule has 4 nitrogen and oxygen atoms in total. The fourth-order valence-electron chi connectivity index (χ4n) is 2.53. The van der Waals surface area contributed by atoms with Gasteiger partial charge in [0.15, 0.2) is 0 Å². The molecule has 0 spiro atoms. The van der Waals surface area contributed by atoms with Gasteiger partial charge >= 0.3 is 0 Å². The molecule has 3 aromatic rings. The fourth-order valence-corrected chi connectivity index (χ4v) is 3.42. The van der Waals surface area contributed by atoms with Crippen molar-refractivity contribution in [3.63, 3.8) is 0 Å². The van der Waals surface area contributed by atoms with Crippen LogP contribution in [-0.2, 0) is 11.2 Å². The predicted octanol–water partition coefficient (Wildman–Crippen LogP) is 4.70. The van der Waals surface area contributed by atoms with Crippen molar-refractivity contribution in [3.05, 3.63) is 65.2 Å². The summed E-state index contributed by atoms with van der Waals surface area (Å²) in [6.45, 7) is 1.98. The van der Waals surface area contributed by atoms with Crippen molar-refractivity contribution < 1.29 is 9.53 Å². The zero-order chi connectivity index (χ0) is 17.6. The Morgan fingerprint density at radius 3 is 2.72 bits per heavy atom. The highest BCUT2D eigenvalue weighted by molar-refractivity contribution is 7.13. The zero-order valence-electron chi connectivity index (χ0n) is 14.3. The molecule has 25 heavy (non-hydrogen) atoms. The Kier molecular flexibility index (Phi) is 5.46. The van der Waals surface area contributed by atoms with Gasteiger partial charge in [0.1, 0.15) is 10.8 Å². The first-order valence-corrected chi connectivity index (χ1v) is 8.98. The Morgan fingerprint density at radius 2 is 1.92 bits per heavy atom. The summed E-state index contributed by atoms with van der Waals surface area (Å²) in [6.07, 6.45) is 1.02. The van der Waals surface area contributed by atoms with Crippen LogP contribution in [0.2, 0.25) is 0 Å². The van der Waals surface area contributed by atoms with E-state index in [4.69, 9.17) is 4.74 Å². The Hall–Kier alpha value is -2.66. The van der Waals surface area contributed by atoms with E-state index in [1.165, 1.54) is 0 Å². The Morgan fingerprint density at radius 1 is 1.16 bits per heavy atom. The van der Waals surface area contributed by atoms with Crippen LogP contribution in [0.3, 0.4) is 0 Å². The number of carbonyl (C=O) groups is 1. The molecule has 0 aliphatic heterocycles. The smallest absolute Gasteiger partial charge is 0.224 e. The molecule has 5 heteroatoms. The van der Waals surface area contributed by atoms with E-state index < -0.39 is 0 Å². The summed E-state index contributed by atoms with van der Waals surface area (Å²) in [5.74, 6) is 0.807. The minimum Gasteiger partial charge on any atom is -0.496 e. The van der Waals surface area contributed by atoms with Crippen LogP contribution in [0.15, 0.2) is 53.9 Å². The molecule has 1 amide bonds. The van der Waals surface area contributed by atoms with Gasteiger partial charge in [0.25, 0.3) is 0 Å². The second-order valence-corrected chi connectivity index (χ2v) is 6.57. The Bertz CT molecular complexity index is 873. The maximum absolute atomic E-state index is 12.2. The van der Waals surface area contributed by atoms with Crippen molar-refractivity contribution in [2.24, 2.45) is 0 Å². The summed E-state index contributed by atoms with van der Waals surface area (Å²) >= 11 is 1.57. The van der Waals surface area contributed by atoms with Gasteiger partial charge < -0.3 is 10.1 Å². The Labute approximate surface area is 151 Å². The lowest BCUT2D eigenvalue weighted by molar-refractivity contribution is -0.116. The highest BCUT2D eigenvalue weighted by Gasteiger charge is 2.11. The number of rotatable bonds is 6. The third kappa shape index (κ3) is 4.25. The molecule has 3 rings (SSSR count). The normalized spacial score (nSPS) is 10.5. The van der Waals surface area contributed by atoms with Crippen molar-refractivity contribution in [2.45, 2.75) is 19.8 Å². The van der Waals surface area contributed by atoms with Gasteiger partial charge in [-0.25, -0.2) is 4.98 Å². The molecule has 0 radical (unpaired) electrons. The number of hydrogen-bond donors (Lipinski definition) is 1. The van der Waals surface area contributed by atoms with Crippen LogP contribution in [0.5, 0.6) is 5.75 Å². The number of ether oxygens (including phenoxy) is 1. The van der Waals surface area contributed by atoms with E-state index in [2.05, 4.69) is 10.3 Å². The summed E-state index contributed by atoms with van der Waals surface area (Å²) in [6, 6.07) is 15.6. The quantitative estimate of drug-likeness (QED) is 0.700. The average molecular weight is 352 g/mol. The number of para-hydroxylation sites is 2. The number of carbonyl (C=O) groups excluding carboxylic acids is 1. The van der Waals surface area contributed by atoms with Crippen LogP contribution in [0.25, 0.3) is 10.6 Å². The van der Waals surface area contributed by atoms with Crippen molar-refractivity contribution >= 4 is 22.9 Å². The highest BCUT2D eigenvalue weighted by Crippen LogP contribution is 2.32. The molecule has 0 saturated carbocycles. The van der Waals surface area contributed by atoms with Crippen molar-refractivity contribution in [3.8, 4) is 16.3 Å². The van der Waals surface area contributed by atoms with Crippen LogP contribution in [0.4, 0.5) is 5.69 Å². The van der Waals surface area contributed by atoms with Gasteiger partial charge in [-0.05, 0) is 37.1 Å². The van der Waals surface area contributed by atoms with Crippen LogP contribution in [-0.4, -0.2) is 18.0 Å². The highest BCUT2D eigenvalue weighted by atomic mass is 32.1. The van der Waals surface area contributed by atoms with E-state index in [0.717, 1.165) is 33.3 Å². The molecule has 1 heterocycles. The molecule has 1 aromatic heterocycles. The molecule has 2 aromatic carbocycles. The van der Waals surface area contributed by atoms with Crippen LogP contribution in [0, 0.1) is 6.92 Å². The lowest BCUT2D eigenvalue weighted by Crippen LogP contribution is -2.13. The lowest BCUT2D eigenvalue weighted by atomic mass is 10.2. The zero-order valence-corrected chi connectivity index (χ0v) is 15.1. The minimum atomic E-state index is 0.00106. The number of thiazole rings is 1. The molecule has 0 unspecified atom stereocenters. The largest absolute Gasteiger partial charge is 0.496 e. The lowest BCUT2D eigenvalue weighted by Gasteiger charge is -2.07. The summed E-state index contributed by atoms with van der Waals surface area (Å²) in [4.78, 5) is 16.8. The molecule has 0 atom stereocenters. The minimum absolute atomic E-state index is 0.00106. The summed E-state index contributed by atoms with van der Waals surface area (Å²) in [5.41, 5.74) is 3.82. The van der Waals surface area contributed by atoms with E-state index in [1.807, 2.05) is 60.8 Å². The van der Waals surface area contributed by atoms with Gasteiger partial charge in [-0.1, -0.05) is 30.3 Å². The molecule has 0 bridgehead atoms. The monoisotopic (exact) mass is 352 g/mol.